The van der Waals surface area contributed by atoms with E-state index < -0.39 is 5.82 Å². The molecule has 0 bridgehead atoms. The van der Waals surface area contributed by atoms with Crippen LogP contribution in [0.1, 0.15) is 16.2 Å². The number of phenols is 2. The lowest BCUT2D eigenvalue weighted by Crippen LogP contribution is -2.08. The number of ether oxygens (including phenoxy) is 1. The Morgan fingerprint density at radius 2 is 1.75 bits per heavy atom. The fraction of sp³-hybridized carbons (Fsp3) is 0.0870. The first-order valence-electron chi connectivity index (χ1n) is 9.58. The Balaban J connectivity index is 1.56. The fourth-order valence-corrected chi connectivity index (χ4v) is 3.85. The standard InChI is InChI=1S/C23H18FN3O4S/c24-18-8-4-5-9-21(18)31-13-22-25-26-23(27(22)15-6-2-1-3-7-15)32-14-20(30)17-11-10-16(28)12-19(17)29/h1-12,28-29H,13-14H2. The summed E-state index contributed by atoms with van der Waals surface area (Å²) in [5.74, 6) is -0.720. The minimum Gasteiger partial charge on any atom is -0.508 e. The molecule has 0 unspecified atom stereocenters. The van der Waals surface area contributed by atoms with Gasteiger partial charge in [-0.25, -0.2) is 4.39 Å². The van der Waals surface area contributed by atoms with Gasteiger partial charge in [0.05, 0.1) is 11.3 Å². The van der Waals surface area contributed by atoms with Crippen LogP contribution in [0.4, 0.5) is 4.39 Å². The third-order valence-corrected chi connectivity index (χ3v) is 5.45. The van der Waals surface area contributed by atoms with Gasteiger partial charge in [-0.15, -0.1) is 10.2 Å². The molecule has 0 spiro atoms. The molecule has 4 rings (SSSR count). The predicted octanol–water partition coefficient (Wildman–Crippen LogP) is 4.37. The van der Waals surface area contributed by atoms with Crippen LogP contribution >= 0.6 is 11.8 Å². The Hall–Kier alpha value is -3.85. The first kappa shape index (κ1) is 21.4. The third kappa shape index (κ3) is 4.73. The predicted molar refractivity (Wildman–Crippen MR) is 117 cm³/mol. The van der Waals surface area contributed by atoms with Crippen LogP contribution in [0.3, 0.4) is 0 Å². The number of para-hydroxylation sites is 2. The normalized spacial score (nSPS) is 10.8. The van der Waals surface area contributed by atoms with E-state index in [1.807, 2.05) is 30.3 Å². The summed E-state index contributed by atoms with van der Waals surface area (Å²) in [5, 5.41) is 28.1. The molecule has 0 aliphatic carbocycles. The van der Waals surface area contributed by atoms with Crippen molar-refractivity contribution in [3.63, 3.8) is 0 Å². The van der Waals surface area contributed by atoms with Crippen LogP contribution in [0.25, 0.3) is 5.69 Å². The average Bonchev–Trinajstić information content (AvgIpc) is 3.20. The first-order valence-corrected chi connectivity index (χ1v) is 10.6. The maximum atomic E-state index is 13.9. The smallest absolute Gasteiger partial charge is 0.196 e. The summed E-state index contributed by atoms with van der Waals surface area (Å²) in [6, 6.07) is 19.2. The second kappa shape index (κ2) is 9.52. The van der Waals surface area contributed by atoms with Crippen molar-refractivity contribution in [2.45, 2.75) is 11.8 Å². The van der Waals surface area contributed by atoms with E-state index in [-0.39, 0.29) is 41.0 Å². The van der Waals surface area contributed by atoms with Crippen LogP contribution in [0.2, 0.25) is 0 Å². The van der Waals surface area contributed by atoms with E-state index in [1.54, 1.807) is 16.7 Å². The van der Waals surface area contributed by atoms with Crippen molar-refractivity contribution in [3.8, 4) is 22.9 Å². The Bertz CT molecular complexity index is 1250. The molecule has 2 N–H and O–H groups in total. The number of aromatic nitrogens is 3. The Morgan fingerprint density at radius 3 is 2.50 bits per heavy atom. The summed E-state index contributed by atoms with van der Waals surface area (Å²) >= 11 is 1.14. The number of carbonyl (C=O) groups is 1. The van der Waals surface area contributed by atoms with Crippen molar-refractivity contribution in [2.75, 3.05) is 5.75 Å². The van der Waals surface area contributed by atoms with Crippen LogP contribution < -0.4 is 4.74 Å². The molecule has 0 fully saturated rings. The molecule has 9 heteroatoms. The molecule has 0 radical (unpaired) electrons. The summed E-state index contributed by atoms with van der Waals surface area (Å²) in [6.45, 7) is -0.0317. The highest BCUT2D eigenvalue weighted by Crippen LogP contribution is 2.27. The van der Waals surface area contributed by atoms with Gasteiger partial charge < -0.3 is 14.9 Å². The number of carbonyl (C=O) groups excluding carboxylic acids is 1. The topological polar surface area (TPSA) is 97.5 Å². The number of halogens is 1. The molecule has 1 aromatic heterocycles. The second-order valence-electron chi connectivity index (χ2n) is 6.70. The zero-order valence-electron chi connectivity index (χ0n) is 16.7. The average molecular weight is 451 g/mol. The molecule has 0 aliphatic rings. The zero-order chi connectivity index (χ0) is 22.5. The Morgan fingerprint density at radius 1 is 1.00 bits per heavy atom. The van der Waals surface area contributed by atoms with Gasteiger partial charge >= 0.3 is 0 Å². The molecule has 0 amide bonds. The maximum absolute atomic E-state index is 13.9. The number of Topliss-reactive ketones (excluding diaryl/α,β-unsaturated/α-hetero) is 1. The lowest BCUT2D eigenvalue weighted by molar-refractivity contribution is 0.102. The summed E-state index contributed by atoms with van der Waals surface area (Å²) in [4.78, 5) is 12.6. The molecular weight excluding hydrogens is 433 g/mol. The third-order valence-electron chi connectivity index (χ3n) is 4.52. The monoisotopic (exact) mass is 451 g/mol. The zero-order valence-corrected chi connectivity index (χ0v) is 17.5. The van der Waals surface area contributed by atoms with Gasteiger partial charge in [-0.1, -0.05) is 42.1 Å². The van der Waals surface area contributed by atoms with Crippen molar-refractivity contribution in [1.82, 2.24) is 14.8 Å². The van der Waals surface area contributed by atoms with Crippen molar-refractivity contribution < 1.29 is 24.1 Å². The highest BCUT2D eigenvalue weighted by Gasteiger charge is 2.19. The van der Waals surface area contributed by atoms with E-state index in [0.717, 1.165) is 23.5 Å². The number of hydrogen-bond donors (Lipinski definition) is 2. The number of ketones is 1. The highest BCUT2D eigenvalue weighted by molar-refractivity contribution is 7.99. The van der Waals surface area contributed by atoms with E-state index in [1.165, 1.54) is 24.3 Å². The number of hydrogen-bond acceptors (Lipinski definition) is 7. The molecule has 3 aromatic carbocycles. The van der Waals surface area contributed by atoms with Gasteiger partial charge in [0.2, 0.25) is 0 Å². The van der Waals surface area contributed by atoms with Gasteiger partial charge in [0.25, 0.3) is 0 Å². The van der Waals surface area contributed by atoms with Crippen LogP contribution in [-0.4, -0.2) is 36.5 Å². The van der Waals surface area contributed by atoms with E-state index in [9.17, 15) is 19.4 Å². The SMILES string of the molecule is O=C(CSc1nnc(COc2ccccc2F)n1-c1ccccc1)c1ccc(O)cc1O. The minimum absolute atomic E-state index is 0.0164. The molecule has 0 saturated heterocycles. The maximum Gasteiger partial charge on any atom is 0.196 e. The largest absolute Gasteiger partial charge is 0.508 e. The molecule has 32 heavy (non-hydrogen) atoms. The molecule has 7 nitrogen and oxygen atoms in total. The van der Waals surface area contributed by atoms with Gasteiger partial charge in [-0.3, -0.25) is 9.36 Å². The first-order chi connectivity index (χ1) is 15.5. The lowest BCUT2D eigenvalue weighted by atomic mass is 10.1. The van der Waals surface area contributed by atoms with Crippen LogP contribution in [0, 0.1) is 5.82 Å². The van der Waals surface area contributed by atoms with Crippen molar-refractivity contribution in [1.29, 1.82) is 0 Å². The number of thioether (sulfide) groups is 1. The van der Waals surface area contributed by atoms with E-state index >= 15 is 0 Å². The number of nitrogens with zero attached hydrogens (tertiary/aromatic N) is 3. The summed E-state index contributed by atoms with van der Waals surface area (Å²) in [7, 11) is 0. The number of rotatable bonds is 8. The van der Waals surface area contributed by atoms with Crippen LogP contribution in [-0.2, 0) is 6.61 Å². The quantitative estimate of drug-likeness (QED) is 0.303. The Labute approximate surface area is 187 Å². The molecule has 162 valence electrons. The van der Waals surface area contributed by atoms with Crippen molar-refractivity contribution in [3.05, 3.63) is 90.0 Å². The van der Waals surface area contributed by atoms with Gasteiger partial charge in [-0.2, -0.15) is 0 Å². The number of phenolic OH excluding ortho intramolecular Hbond substituents is 2. The summed E-state index contributed by atoms with van der Waals surface area (Å²) < 4.78 is 21.2. The van der Waals surface area contributed by atoms with E-state index in [4.69, 9.17) is 4.74 Å². The van der Waals surface area contributed by atoms with Crippen molar-refractivity contribution >= 4 is 17.5 Å². The van der Waals surface area contributed by atoms with Crippen LogP contribution in [0.5, 0.6) is 17.2 Å². The second-order valence-corrected chi connectivity index (χ2v) is 7.64. The molecular formula is C23H18FN3O4S. The summed E-state index contributed by atoms with van der Waals surface area (Å²) in [6.07, 6.45) is 0. The minimum atomic E-state index is -0.479. The van der Waals surface area contributed by atoms with Crippen molar-refractivity contribution in [2.24, 2.45) is 0 Å². The molecule has 0 saturated carbocycles. The summed E-state index contributed by atoms with van der Waals surface area (Å²) in [5.41, 5.74) is 0.858. The van der Waals surface area contributed by atoms with Gasteiger partial charge in [0.1, 0.15) is 18.1 Å². The molecule has 0 atom stereocenters. The fourth-order valence-electron chi connectivity index (χ4n) is 2.99. The molecule has 4 aromatic rings. The highest BCUT2D eigenvalue weighted by atomic mass is 32.2. The van der Waals surface area contributed by atoms with Gasteiger partial charge in [0.15, 0.2) is 28.3 Å². The van der Waals surface area contributed by atoms with Gasteiger partial charge in [-0.05, 0) is 36.4 Å². The lowest BCUT2D eigenvalue weighted by Gasteiger charge is -2.11. The van der Waals surface area contributed by atoms with Crippen LogP contribution in [0.15, 0.2) is 78.0 Å². The Kier molecular flexibility index (Phi) is 6.37. The van der Waals surface area contributed by atoms with Gasteiger partial charge in [0, 0.05) is 11.8 Å². The number of benzene rings is 3. The van der Waals surface area contributed by atoms with E-state index in [0.29, 0.717) is 11.0 Å². The number of aromatic hydroxyl groups is 2. The van der Waals surface area contributed by atoms with E-state index in [2.05, 4.69) is 10.2 Å². The molecule has 1 heterocycles. The molecule has 0 aliphatic heterocycles.